The molecule has 3 rings (SSSR count). The summed E-state index contributed by atoms with van der Waals surface area (Å²) in [7, 11) is 0. The summed E-state index contributed by atoms with van der Waals surface area (Å²) in [4.78, 5) is 25.2. The fraction of sp³-hybridized carbons (Fsp3) is 0.188. The molecule has 118 valence electrons. The summed E-state index contributed by atoms with van der Waals surface area (Å²) < 4.78 is 0. The zero-order valence-corrected chi connectivity index (χ0v) is 13.3. The minimum absolute atomic E-state index is 0.246. The fourth-order valence-electron chi connectivity index (χ4n) is 2.26. The first kappa shape index (κ1) is 15.3. The number of rotatable bonds is 5. The van der Waals surface area contributed by atoms with Crippen molar-refractivity contribution in [3.63, 3.8) is 0 Å². The van der Waals surface area contributed by atoms with Crippen molar-refractivity contribution in [1.82, 2.24) is 19.9 Å². The van der Waals surface area contributed by atoms with Crippen LogP contribution in [0.25, 0.3) is 11.3 Å². The molecule has 0 amide bonds. The van der Waals surface area contributed by atoms with Crippen LogP contribution in [0.5, 0.6) is 0 Å². The summed E-state index contributed by atoms with van der Waals surface area (Å²) in [5, 5.41) is 3.93. The number of halogens is 1. The highest BCUT2D eigenvalue weighted by atomic mass is 35.5. The van der Waals surface area contributed by atoms with Gasteiger partial charge in [-0.25, -0.2) is 14.8 Å². The van der Waals surface area contributed by atoms with Gasteiger partial charge in [-0.15, -0.1) is 0 Å². The van der Waals surface area contributed by atoms with Gasteiger partial charge in [0.15, 0.2) is 0 Å². The zero-order chi connectivity index (χ0) is 16.2. The van der Waals surface area contributed by atoms with Crippen molar-refractivity contribution in [3.05, 3.63) is 63.4 Å². The van der Waals surface area contributed by atoms with Crippen LogP contribution in [0.2, 0.25) is 5.02 Å². The molecule has 0 aliphatic heterocycles. The maximum Gasteiger partial charge on any atom is 0.323 e. The van der Waals surface area contributed by atoms with E-state index in [1.807, 2.05) is 31.2 Å². The molecular formula is C16H16ClN5O. The minimum atomic E-state index is -0.246. The lowest BCUT2D eigenvalue weighted by atomic mass is 10.1. The Bertz CT molecular complexity index is 853. The largest absolute Gasteiger partial charge is 0.354 e. The number of nitrogens with zero attached hydrogens (tertiary/aromatic N) is 2. The van der Waals surface area contributed by atoms with E-state index >= 15 is 0 Å². The lowest BCUT2D eigenvalue weighted by molar-refractivity contribution is 0.975. The van der Waals surface area contributed by atoms with Gasteiger partial charge in [-0.1, -0.05) is 23.7 Å². The van der Waals surface area contributed by atoms with Crippen molar-refractivity contribution in [2.24, 2.45) is 0 Å². The van der Waals surface area contributed by atoms with Gasteiger partial charge in [-0.2, -0.15) is 0 Å². The number of imidazole rings is 1. The molecule has 0 saturated heterocycles. The number of nitrogens with one attached hydrogen (secondary N) is 3. The smallest absolute Gasteiger partial charge is 0.323 e. The fourth-order valence-corrected chi connectivity index (χ4v) is 2.39. The Labute approximate surface area is 138 Å². The zero-order valence-electron chi connectivity index (χ0n) is 12.6. The van der Waals surface area contributed by atoms with Crippen molar-refractivity contribution in [2.75, 3.05) is 11.9 Å². The van der Waals surface area contributed by atoms with Crippen LogP contribution in [-0.4, -0.2) is 26.5 Å². The van der Waals surface area contributed by atoms with Crippen molar-refractivity contribution < 1.29 is 0 Å². The quantitative estimate of drug-likeness (QED) is 0.671. The van der Waals surface area contributed by atoms with Gasteiger partial charge in [0.2, 0.25) is 5.95 Å². The number of hydrogen-bond acceptors (Lipinski definition) is 4. The SMILES string of the molecule is Cc1nc(NCCc2ccc(Cl)cc2)ncc1-c1c[nH]c(=O)[nH]1. The molecule has 23 heavy (non-hydrogen) atoms. The summed E-state index contributed by atoms with van der Waals surface area (Å²) in [6.45, 7) is 2.61. The molecule has 0 radical (unpaired) electrons. The number of anilines is 1. The van der Waals surface area contributed by atoms with E-state index in [0.717, 1.165) is 29.2 Å². The lowest BCUT2D eigenvalue weighted by Crippen LogP contribution is -2.09. The molecule has 0 aliphatic rings. The van der Waals surface area contributed by atoms with Crippen LogP contribution in [0, 0.1) is 6.92 Å². The van der Waals surface area contributed by atoms with Crippen molar-refractivity contribution >= 4 is 17.5 Å². The summed E-state index contributed by atoms with van der Waals surface area (Å²) in [5.74, 6) is 0.568. The Hall–Kier alpha value is -2.60. The number of aromatic amines is 2. The van der Waals surface area contributed by atoms with Crippen molar-refractivity contribution in [1.29, 1.82) is 0 Å². The monoisotopic (exact) mass is 329 g/mol. The molecule has 0 unspecified atom stereocenters. The first-order chi connectivity index (χ1) is 11.1. The summed E-state index contributed by atoms with van der Waals surface area (Å²) >= 11 is 5.87. The molecule has 0 saturated carbocycles. The Morgan fingerprint density at radius 1 is 1.26 bits per heavy atom. The Kier molecular flexibility index (Phi) is 4.43. The minimum Gasteiger partial charge on any atom is -0.354 e. The topological polar surface area (TPSA) is 86.5 Å². The second kappa shape index (κ2) is 6.66. The van der Waals surface area contributed by atoms with Crippen LogP contribution >= 0.6 is 11.6 Å². The summed E-state index contributed by atoms with van der Waals surface area (Å²) in [6, 6.07) is 7.76. The van der Waals surface area contributed by atoms with Gasteiger partial charge >= 0.3 is 5.69 Å². The predicted octanol–water partition coefficient (Wildman–Crippen LogP) is 2.78. The highest BCUT2D eigenvalue weighted by Gasteiger charge is 2.07. The molecular weight excluding hydrogens is 314 g/mol. The van der Waals surface area contributed by atoms with Gasteiger partial charge in [0.05, 0.1) is 11.4 Å². The third kappa shape index (κ3) is 3.78. The van der Waals surface area contributed by atoms with Crippen molar-refractivity contribution in [3.8, 4) is 11.3 Å². The third-order valence-electron chi connectivity index (χ3n) is 3.48. The molecule has 0 bridgehead atoms. The normalized spacial score (nSPS) is 10.7. The van der Waals surface area contributed by atoms with Crippen molar-refractivity contribution in [2.45, 2.75) is 13.3 Å². The van der Waals surface area contributed by atoms with Gasteiger partial charge in [0.1, 0.15) is 0 Å². The predicted molar refractivity (Wildman–Crippen MR) is 90.8 cm³/mol. The van der Waals surface area contributed by atoms with E-state index in [9.17, 15) is 4.79 Å². The second-order valence-electron chi connectivity index (χ2n) is 5.15. The Morgan fingerprint density at radius 3 is 2.70 bits per heavy atom. The summed E-state index contributed by atoms with van der Waals surface area (Å²) in [6.07, 6.45) is 4.17. The van der Waals surface area contributed by atoms with Crippen LogP contribution in [0.3, 0.4) is 0 Å². The highest BCUT2D eigenvalue weighted by molar-refractivity contribution is 6.30. The lowest BCUT2D eigenvalue weighted by Gasteiger charge is -2.08. The molecule has 0 fully saturated rings. The Morgan fingerprint density at radius 2 is 2.04 bits per heavy atom. The van der Waals surface area contributed by atoms with Crippen LogP contribution < -0.4 is 11.0 Å². The van der Waals surface area contributed by atoms with Gasteiger partial charge in [-0.05, 0) is 31.0 Å². The van der Waals surface area contributed by atoms with E-state index < -0.39 is 0 Å². The Balaban J connectivity index is 1.64. The van der Waals surface area contributed by atoms with Gasteiger partial charge in [0.25, 0.3) is 0 Å². The van der Waals surface area contributed by atoms with E-state index in [4.69, 9.17) is 11.6 Å². The average Bonchev–Trinajstić information content (AvgIpc) is 2.96. The average molecular weight is 330 g/mol. The van der Waals surface area contributed by atoms with Gasteiger partial charge in [0, 0.05) is 29.5 Å². The van der Waals surface area contributed by atoms with E-state index in [-0.39, 0.29) is 5.69 Å². The molecule has 6 nitrogen and oxygen atoms in total. The molecule has 0 spiro atoms. The maximum absolute atomic E-state index is 11.2. The number of benzene rings is 1. The maximum atomic E-state index is 11.2. The second-order valence-corrected chi connectivity index (χ2v) is 5.59. The van der Waals surface area contributed by atoms with E-state index in [0.29, 0.717) is 11.6 Å². The third-order valence-corrected chi connectivity index (χ3v) is 3.73. The number of aryl methyl sites for hydroxylation is 1. The highest BCUT2D eigenvalue weighted by Crippen LogP contribution is 2.18. The van der Waals surface area contributed by atoms with Crippen LogP contribution in [0.1, 0.15) is 11.3 Å². The molecule has 0 aliphatic carbocycles. The van der Waals surface area contributed by atoms with Gasteiger partial charge < -0.3 is 15.3 Å². The molecule has 0 atom stereocenters. The molecule has 1 aromatic carbocycles. The van der Waals surface area contributed by atoms with Crippen LogP contribution in [0.4, 0.5) is 5.95 Å². The van der Waals surface area contributed by atoms with Crippen LogP contribution in [0.15, 0.2) is 41.5 Å². The molecule has 7 heteroatoms. The standard InChI is InChI=1S/C16H16ClN5O/c1-10-13(14-9-20-16(23)22-14)8-19-15(21-10)18-7-6-11-2-4-12(17)5-3-11/h2-5,8-9H,6-7H2,1H3,(H,18,19,21)(H2,20,22,23). The first-order valence-corrected chi connectivity index (χ1v) is 7.59. The van der Waals surface area contributed by atoms with Crippen LogP contribution in [-0.2, 0) is 6.42 Å². The van der Waals surface area contributed by atoms with Gasteiger partial charge in [-0.3, -0.25) is 0 Å². The summed E-state index contributed by atoms with van der Waals surface area (Å²) in [5.41, 5.74) is 3.22. The van der Waals surface area contributed by atoms with E-state index in [2.05, 4.69) is 25.3 Å². The number of H-pyrrole nitrogens is 2. The molecule has 2 aromatic heterocycles. The number of hydrogen-bond donors (Lipinski definition) is 3. The van der Waals surface area contributed by atoms with E-state index in [1.54, 1.807) is 12.4 Å². The number of aromatic nitrogens is 4. The molecule has 2 heterocycles. The van der Waals surface area contributed by atoms with E-state index in [1.165, 1.54) is 5.56 Å². The molecule has 3 aromatic rings. The first-order valence-electron chi connectivity index (χ1n) is 7.22. The molecule has 3 N–H and O–H groups in total.